The summed E-state index contributed by atoms with van der Waals surface area (Å²) >= 11 is 0. The van der Waals surface area contributed by atoms with Crippen molar-refractivity contribution in [3.8, 4) is 6.07 Å². The van der Waals surface area contributed by atoms with Gasteiger partial charge < -0.3 is 10.4 Å². The molecular formula is C12H14N4O. The Labute approximate surface area is 99.5 Å². The van der Waals surface area contributed by atoms with E-state index in [1.165, 1.54) is 12.8 Å². The van der Waals surface area contributed by atoms with Gasteiger partial charge in [-0.05, 0) is 25.7 Å². The van der Waals surface area contributed by atoms with Crippen molar-refractivity contribution in [2.24, 2.45) is 0 Å². The minimum Gasteiger partial charge on any atom is -0.393 e. The molecule has 2 aliphatic carbocycles. The van der Waals surface area contributed by atoms with E-state index in [0.29, 0.717) is 17.4 Å². The second kappa shape index (κ2) is 3.97. The number of nitriles is 1. The highest BCUT2D eigenvalue weighted by Gasteiger charge is 2.30. The molecule has 0 bridgehead atoms. The summed E-state index contributed by atoms with van der Waals surface area (Å²) in [6, 6.07) is 2.27. The first-order valence-corrected chi connectivity index (χ1v) is 5.98. The molecule has 0 spiro atoms. The molecule has 0 saturated heterocycles. The highest BCUT2D eigenvalue weighted by molar-refractivity contribution is 5.49. The van der Waals surface area contributed by atoms with Crippen LogP contribution in [0, 0.1) is 11.3 Å². The molecule has 2 N–H and O–H groups in total. The van der Waals surface area contributed by atoms with E-state index in [1.807, 2.05) is 6.07 Å². The van der Waals surface area contributed by atoms with Crippen molar-refractivity contribution in [3.63, 3.8) is 0 Å². The van der Waals surface area contributed by atoms with E-state index < -0.39 is 0 Å². The minimum absolute atomic E-state index is 0.211. The maximum absolute atomic E-state index is 9.23. The number of aromatic nitrogens is 2. The van der Waals surface area contributed by atoms with Crippen LogP contribution in [-0.2, 0) is 0 Å². The summed E-state index contributed by atoms with van der Waals surface area (Å²) in [5, 5.41) is 21.4. The maximum Gasteiger partial charge on any atom is 0.183 e. The molecule has 0 radical (unpaired) electrons. The van der Waals surface area contributed by atoms with Crippen LogP contribution < -0.4 is 5.32 Å². The number of aliphatic hydroxyl groups is 1. The van der Waals surface area contributed by atoms with Gasteiger partial charge in [0.2, 0.25) is 0 Å². The largest absolute Gasteiger partial charge is 0.393 e. The van der Waals surface area contributed by atoms with Gasteiger partial charge in [0, 0.05) is 12.0 Å². The summed E-state index contributed by atoms with van der Waals surface area (Å²) < 4.78 is 0. The van der Waals surface area contributed by atoms with E-state index in [4.69, 9.17) is 5.26 Å². The maximum atomic E-state index is 9.23. The molecule has 2 aliphatic rings. The van der Waals surface area contributed by atoms with Crippen LogP contribution in [0.3, 0.4) is 0 Å². The first-order valence-electron chi connectivity index (χ1n) is 5.98. The fraction of sp³-hybridized carbons (Fsp3) is 0.583. The summed E-state index contributed by atoms with van der Waals surface area (Å²) in [5.41, 5.74) is 1.32. The smallest absolute Gasteiger partial charge is 0.183 e. The van der Waals surface area contributed by atoms with Crippen LogP contribution in [0.1, 0.15) is 43.0 Å². The topological polar surface area (TPSA) is 81.8 Å². The highest BCUT2D eigenvalue weighted by atomic mass is 16.3. The molecule has 1 aromatic rings. The van der Waals surface area contributed by atoms with Gasteiger partial charge in [0.25, 0.3) is 0 Å². The van der Waals surface area contributed by atoms with E-state index in [9.17, 15) is 5.11 Å². The predicted octanol–water partition coefficient (Wildman–Crippen LogP) is 1.16. The minimum atomic E-state index is -0.211. The molecule has 0 unspecified atom stereocenters. The molecule has 0 aromatic carbocycles. The summed E-state index contributed by atoms with van der Waals surface area (Å²) in [7, 11) is 0. The Balaban J connectivity index is 1.80. The monoisotopic (exact) mass is 230 g/mol. The number of nitrogens with zero attached hydrogens (tertiary/aromatic N) is 3. The lowest BCUT2D eigenvalue weighted by Crippen LogP contribution is -2.39. The molecule has 1 aromatic heterocycles. The van der Waals surface area contributed by atoms with Gasteiger partial charge in [-0.1, -0.05) is 0 Å². The Morgan fingerprint density at radius 2 is 2.18 bits per heavy atom. The molecular weight excluding hydrogens is 216 g/mol. The Morgan fingerprint density at radius 3 is 2.76 bits per heavy atom. The lowest BCUT2D eigenvalue weighted by molar-refractivity contribution is 0.0835. The van der Waals surface area contributed by atoms with Gasteiger partial charge in [0.15, 0.2) is 11.5 Å². The van der Waals surface area contributed by atoms with Crippen molar-refractivity contribution in [1.29, 1.82) is 5.26 Å². The number of hydrogen-bond donors (Lipinski definition) is 2. The van der Waals surface area contributed by atoms with Crippen molar-refractivity contribution in [1.82, 2.24) is 9.97 Å². The number of anilines is 1. The molecule has 2 saturated carbocycles. The summed E-state index contributed by atoms with van der Waals surface area (Å²) in [4.78, 5) is 8.61. The van der Waals surface area contributed by atoms with Gasteiger partial charge in [-0.15, -0.1) is 0 Å². The standard InChI is InChI=1S/C12H14N4O/c13-5-10-12(15-8-3-9(17)4-8)16-11(6-14-10)7-1-2-7/h6-9,17H,1-4H2,(H,15,16)/t8-,9+. The second-order valence-corrected chi connectivity index (χ2v) is 4.84. The molecule has 5 heteroatoms. The average Bonchev–Trinajstić information content (AvgIpc) is 3.11. The fourth-order valence-electron chi connectivity index (χ4n) is 2.06. The van der Waals surface area contributed by atoms with Crippen molar-refractivity contribution in [2.45, 2.75) is 43.7 Å². The third kappa shape index (κ3) is 2.08. The van der Waals surface area contributed by atoms with Crippen LogP contribution in [0.5, 0.6) is 0 Å². The summed E-state index contributed by atoms with van der Waals surface area (Å²) in [6.45, 7) is 0. The zero-order chi connectivity index (χ0) is 11.8. The van der Waals surface area contributed by atoms with Crippen LogP contribution in [0.25, 0.3) is 0 Å². The zero-order valence-corrected chi connectivity index (χ0v) is 9.43. The van der Waals surface area contributed by atoms with Crippen molar-refractivity contribution < 1.29 is 5.11 Å². The van der Waals surface area contributed by atoms with Crippen LogP contribution in [-0.4, -0.2) is 27.2 Å². The van der Waals surface area contributed by atoms with E-state index in [1.54, 1.807) is 6.20 Å². The first-order chi connectivity index (χ1) is 8.26. The Bertz CT molecular complexity index is 472. The second-order valence-electron chi connectivity index (χ2n) is 4.84. The van der Waals surface area contributed by atoms with Gasteiger partial charge in [-0.2, -0.15) is 5.26 Å². The quantitative estimate of drug-likeness (QED) is 0.814. The third-order valence-electron chi connectivity index (χ3n) is 3.35. The molecule has 1 heterocycles. The van der Waals surface area contributed by atoms with Gasteiger partial charge in [0.1, 0.15) is 6.07 Å². The normalized spacial score (nSPS) is 27.1. The molecule has 88 valence electrons. The zero-order valence-electron chi connectivity index (χ0n) is 9.43. The predicted molar refractivity (Wildman–Crippen MR) is 61.4 cm³/mol. The first kappa shape index (κ1) is 10.5. The average molecular weight is 230 g/mol. The molecule has 3 rings (SSSR count). The summed E-state index contributed by atoms with van der Waals surface area (Å²) in [6.07, 6.45) is 5.28. The lowest BCUT2D eigenvalue weighted by Gasteiger charge is -2.32. The van der Waals surface area contributed by atoms with Gasteiger partial charge in [-0.25, -0.2) is 9.97 Å². The Kier molecular flexibility index (Phi) is 2.45. The number of rotatable bonds is 3. The SMILES string of the molecule is N#Cc1ncc(C2CC2)nc1N[C@H]1C[C@@H](O)C1. The van der Waals surface area contributed by atoms with Crippen LogP contribution in [0.2, 0.25) is 0 Å². The van der Waals surface area contributed by atoms with Crippen molar-refractivity contribution in [2.75, 3.05) is 5.32 Å². The molecule has 0 atom stereocenters. The van der Waals surface area contributed by atoms with E-state index in [-0.39, 0.29) is 12.1 Å². The lowest BCUT2D eigenvalue weighted by atomic mass is 9.89. The number of hydrogen-bond acceptors (Lipinski definition) is 5. The summed E-state index contributed by atoms with van der Waals surface area (Å²) in [5.74, 6) is 1.11. The molecule has 17 heavy (non-hydrogen) atoms. The molecule has 2 fully saturated rings. The Hall–Kier alpha value is -1.67. The van der Waals surface area contributed by atoms with Crippen LogP contribution in [0.4, 0.5) is 5.82 Å². The molecule has 5 nitrogen and oxygen atoms in total. The number of nitrogens with one attached hydrogen (secondary N) is 1. The van der Waals surface area contributed by atoms with E-state index in [0.717, 1.165) is 18.5 Å². The molecule has 0 amide bonds. The van der Waals surface area contributed by atoms with Crippen molar-refractivity contribution >= 4 is 5.82 Å². The highest BCUT2D eigenvalue weighted by Crippen LogP contribution is 2.39. The van der Waals surface area contributed by atoms with Crippen LogP contribution >= 0.6 is 0 Å². The van der Waals surface area contributed by atoms with Crippen molar-refractivity contribution in [3.05, 3.63) is 17.6 Å². The van der Waals surface area contributed by atoms with Gasteiger partial charge in [0.05, 0.1) is 18.0 Å². The van der Waals surface area contributed by atoms with Gasteiger partial charge >= 0.3 is 0 Å². The fourth-order valence-corrected chi connectivity index (χ4v) is 2.06. The van der Waals surface area contributed by atoms with E-state index >= 15 is 0 Å². The van der Waals surface area contributed by atoms with E-state index in [2.05, 4.69) is 15.3 Å². The van der Waals surface area contributed by atoms with Gasteiger partial charge in [-0.3, -0.25) is 0 Å². The third-order valence-corrected chi connectivity index (χ3v) is 3.35. The Morgan fingerprint density at radius 1 is 1.41 bits per heavy atom. The molecule has 0 aliphatic heterocycles. The number of aliphatic hydroxyl groups excluding tert-OH is 1. The van der Waals surface area contributed by atoms with Crippen LogP contribution in [0.15, 0.2) is 6.20 Å².